The van der Waals surface area contributed by atoms with Crippen LogP contribution < -0.4 is 15.8 Å². The summed E-state index contributed by atoms with van der Waals surface area (Å²) in [5, 5.41) is 6.75. The van der Waals surface area contributed by atoms with Gasteiger partial charge < -0.3 is 14.7 Å². The number of nitrogens with zero attached hydrogens (tertiary/aromatic N) is 3. The van der Waals surface area contributed by atoms with Gasteiger partial charge in [-0.05, 0) is 33.6 Å². The Morgan fingerprint density at radius 2 is 2.12 bits per heavy atom. The van der Waals surface area contributed by atoms with Crippen LogP contribution in [0.25, 0.3) is 0 Å². The average Bonchev–Trinajstić information content (AvgIpc) is 3.20. The van der Waals surface area contributed by atoms with Crippen LogP contribution in [0, 0.1) is 13.8 Å². The number of H-pyrrole nitrogens is 1. The fraction of sp³-hybridized carbons (Fsp3) is 0.529. The molecule has 0 bridgehead atoms. The number of aromatic nitrogens is 3. The number of amides is 1. The van der Waals surface area contributed by atoms with Crippen LogP contribution in [-0.2, 0) is 11.2 Å². The maximum Gasteiger partial charge on any atom is 0.252 e. The van der Waals surface area contributed by atoms with Crippen LogP contribution in [0.3, 0.4) is 0 Å². The third-order valence-electron chi connectivity index (χ3n) is 4.49. The lowest BCUT2D eigenvalue weighted by Crippen LogP contribution is -2.31. The molecule has 0 saturated carbocycles. The van der Waals surface area contributed by atoms with Gasteiger partial charge in [0.1, 0.15) is 5.76 Å². The van der Waals surface area contributed by atoms with Crippen molar-refractivity contribution in [1.29, 1.82) is 0 Å². The Morgan fingerprint density at radius 1 is 1.40 bits per heavy atom. The molecule has 1 saturated heterocycles. The molecule has 2 aromatic heterocycles. The lowest BCUT2D eigenvalue weighted by atomic mass is 10.1. The zero-order valence-corrected chi connectivity index (χ0v) is 14.8. The lowest BCUT2D eigenvalue weighted by molar-refractivity contribution is -0.121. The summed E-state index contributed by atoms with van der Waals surface area (Å²) in [6.07, 6.45) is 2.38. The zero-order chi connectivity index (χ0) is 18.0. The topological polar surface area (TPSA) is 104 Å². The number of aryl methyl sites for hydroxylation is 2. The molecule has 0 aliphatic carbocycles. The number of hydrogen-bond acceptors (Lipinski definition) is 6. The molecule has 1 aliphatic heterocycles. The molecule has 3 heterocycles. The van der Waals surface area contributed by atoms with Crippen molar-refractivity contribution in [3.8, 4) is 0 Å². The van der Waals surface area contributed by atoms with Crippen LogP contribution in [0.1, 0.15) is 48.5 Å². The molecule has 2 N–H and O–H groups in total. The molecule has 3 rings (SSSR count). The highest BCUT2D eigenvalue weighted by molar-refractivity contribution is 5.79. The SMILES string of the molecule is Cc1noc(C)c1CC(=O)N[C@H](C)c1cc(=O)[nH]c(N2CCCC2)n1. The molecule has 0 spiro atoms. The van der Waals surface area contributed by atoms with Gasteiger partial charge in [-0.2, -0.15) is 0 Å². The van der Waals surface area contributed by atoms with Crippen molar-refractivity contribution in [2.24, 2.45) is 0 Å². The van der Waals surface area contributed by atoms with Crippen molar-refractivity contribution >= 4 is 11.9 Å². The van der Waals surface area contributed by atoms with Crippen LogP contribution in [0.15, 0.2) is 15.4 Å². The average molecular weight is 345 g/mol. The van der Waals surface area contributed by atoms with E-state index in [1.54, 1.807) is 6.92 Å². The quantitative estimate of drug-likeness (QED) is 0.849. The molecule has 25 heavy (non-hydrogen) atoms. The largest absolute Gasteiger partial charge is 0.361 e. The smallest absolute Gasteiger partial charge is 0.252 e. The van der Waals surface area contributed by atoms with Gasteiger partial charge in [0.05, 0.1) is 23.9 Å². The number of anilines is 1. The van der Waals surface area contributed by atoms with Crippen molar-refractivity contribution in [3.63, 3.8) is 0 Å². The Bertz CT molecular complexity index is 800. The maximum absolute atomic E-state index is 12.3. The second kappa shape index (κ2) is 7.08. The fourth-order valence-electron chi connectivity index (χ4n) is 3.04. The van der Waals surface area contributed by atoms with Crippen molar-refractivity contribution in [2.75, 3.05) is 18.0 Å². The Morgan fingerprint density at radius 3 is 2.76 bits per heavy atom. The van der Waals surface area contributed by atoms with Crippen LogP contribution in [-0.4, -0.2) is 34.1 Å². The van der Waals surface area contributed by atoms with Gasteiger partial charge in [0, 0.05) is 24.7 Å². The molecule has 1 aliphatic rings. The lowest BCUT2D eigenvalue weighted by Gasteiger charge is -2.18. The Hall–Kier alpha value is -2.64. The maximum atomic E-state index is 12.3. The second-order valence-electron chi connectivity index (χ2n) is 6.46. The molecule has 1 amide bonds. The van der Waals surface area contributed by atoms with Crippen molar-refractivity contribution in [2.45, 2.75) is 46.1 Å². The van der Waals surface area contributed by atoms with Gasteiger partial charge in [0.2, 0.25) is 11.9 Å². The summed E-state index contributed by atoms with van der Waals surface area (Å²) in [5.41, 5.74) is 1.85. The van der Waals surface area contributed by atoms with Crippen LogP contribution in [0.4, 0.5) is 5.95 Å². The first-order valence-corrected chi connectivity index (χ1v) is 8.51. The molecule has 0 unspecified atom stereocenters. The van der Waals surface area contributed by atoms with E-state index in [0.717, 1.165) is 31.5 Å². The molecule has 0 aromatic carbocycles. The molecule has 1 atom stereocenters. The third kappa shape index (κ3) is 3.89. The second-order valence-corrected chi connectivity index (χ2v) is 6.46. The standard InChI is InChI=1S/C17H23N5O3/c1-10-13(12(3)25-21-10)8-15(23)18-11(2)14-9-16(24)20-17(19-14)22-6-4-5-7-22/h9,11H,4-8H2,1-3H3,(H,18,23)(H,19,20,24)/t11-/m1/s1. The number of carbonyl (C=O) groups excluding carboxylic acids is 1. The van der Waals surface area contributed by atoms with Crippen molar-refractivity contribution < 1.29 is 9.32 Å². The van der Waals surface area contributed by atoms with Gasteiger partial charge in [-0.25, -0.2) is 4.98 Å². The summed E-state index contributed by atoms with van der Waals surface area (Å²) >= 11 is 0. The number of hydrogen-bond donors (Lipinski definition) is 2. The Kier molecular flexibility index (Phi) is 4.87. The highest BCUT2D eigenvalue weighted by Gasteiger charge is 2.19. The summed E-state index contributed by atoms with van der Waals surface area (Å²) in [5.74, 6) is 1.06. The van der Waals surface area contributed by atoms with E-state index in [9.17, 15) is 9.59 Å². The summed E-state index contributed by atoms with van der Waals surface area (Å²) in [7, 11) is 0. The molecule has 8 heteroatoms. The van der Waals surface area contributed by atoms with E-state index >= 15 is 0 Å². The number of carbonyl (C=O) groups is 1. The first-order valence-electron chi connectivity index (χ1n) is 8.51. The summed E-state index contributed by atoms with van der Waals surface area (Å²) < 4.78 is 5.08. The van der Waals surface area contributed by atoms with E-state index in [0.29, 0.717) is 23.1 Å². The number of aromatic amines is 1. The minimum absolute atomic E-state index is 0.160. The summed E-state index contributed by atoms with van der Waals surface area (Å²) in [6.45, 7) is 7.19. The third-order valence-corrected chi connectivity index (χ3v) is 4.49. The zero-order valence-electron chi connectivity index (χ0n) is 14.8. The first kappa shape index (κ1) is 17.2. The van der Waals surface area contributed by atoms with E-state index < -0.39 is 0 Å². The Labute approximate surface area is 145 Å². The minimum Gasteiger partial charge on any atom is -0.361 e. The normalized spacial score (nSPS) is 15.4. The van der Waals surface area contributed by atoms with Gasteiger partial charge in [-0.1, -0.05) is 5.16 Å². The first-order chi connectivity index (χ1) is 11.9. The van der Waals surface area contributed by atoms with Crippen LogP contribution >= 0.6 is 0 Å². The van der Waals surface area contributed by atoms with E-state index in [1.165, 1.54) is 6.07 Å². The predicted molar refractivity (Wildman–Crippen MR) is 92.5 cm³/mol. The monoisotopic (exact) mass is 345 g/mol. The Balaban J connectivity index is 1.71. The van der Waals surface area contributed by atoms with E-state index in [2.05, 4.69) is 25.3 Å². The number of rotatable bonds is 5. The van der Waals surface area contributed by atoms with E-state index in [1.807, 2.05) is 13.8 Å². The van der Waals surface area contributed by atoms with Gasteiger partial charge in [0.25, 0.3) is 5.56 Å². The van der Waals surface area contributed by atoms with Gasteiger partial charge in [0.15, 0.2) is 0 Å². The number of nitrogens with one attached hydrogen (secondary N) is 2. The van der Waals surface area contributed by atoms with Crippen molar-refractivity contribution in [1.82, 2.24) is 20.4 Å². The summed E-state index contributed by atoms with van der Waals surface area (Å²) in [6, 6.07) is 1.07. The van der Waals surface area contributed by atoms with E-state index in [-0.39, 0.29) is 23.9 Å². The molecule has 8 nitrogen and oxygen atoms in total. The van der Waals surface area contributed by atoms with Crippen LogP contribution in [0.2, 0.25) is 0 Å². The van der Waals surface area contributed by atoms with Gasteiger partial charge in [-0.15, -0.1) is 0 Å². The van der Waals surface area contributed by atoms with Crippen molar-refractivity contribution in [3.05, 3.63) is 39.1 Å². The predicted octanol–water partition coefficient (Wildman–Crippen LogP) is 1.39. The minimum atomic E-state index is -0.364. The molecule has 134 valence electrons. The molecular weight excluding hydrogens is 322 g/mol. The summed E-state index contributed by atoms with van der Waals surface area (Å²) in [4.78, 5) is 33.6. The van der Waals surface area contributed by atoms with E-state index in [4.69, 9.17) is 4.52 Å². The molecule has 0 radical (unpaired) electrons. The highest BCUT2D eigenvalue weighted by atomic mass is 16.5. The highest BCUT2D eigenvalue weighted by Crippen LogP contribution is 2.17. The fourth-order valence-corrected chi connectivity index (χ4v) is 3.04. The van der Waals surface area contributed by atoms with Gasteiger partial charge in [-0.3, -0.25) is 14.6 Å². The molecule has 1 fully saturated rings. The van der Waals surface area contributed by atoms with Crippen LogP contribution in [0.5, 0.6) is 0 Å². The van der Waals surface area contributed by atoms with Gasteiger partial charge >= 0.3 is 0 Å². The molecule has 2 aromatic rings. The molecular formula is C17H23N5O3.